The number of benzene rings is 2. The Hall–Kier alpha value is -2.93. The molecule has 2 N–H and O–H groups in total. The van der Waals surface area contributed by atoms with E-state index in [1.165, 1.54) is 11.3 Å². The summed E-state index contributed by atoms with van der Waals surface area (Å²) in [6.07, 6.45) is 0. The van der Waals surface area contributed by atoms with Crippen molar-refractivity contribution >= 4 is 44.4 Å². The maximum Gasteiger partial charge on any atom is 0.338 e. The van der Waals surface area contributed by atoms with Crippen LogP contribution in [0.3, 0.4) is 0 Å². The molecule has 0 bridgehead atoms. The molecule has 1 heterocycles. The molecule has 0 unspecified atom stereocenters. The molecule has 24 heavy (non-hydrogen) atoms. The summed E-state index contributed by atoms with van der Waals surface area (Å²) < 4.78 is 5.78. The molecule has 0 aliphatic rings. The summed E-state index contributed by atoms with van der Waals surface area (Å²) in [7, 11) is 0. The summed E-state index contributed by atoms with van der Waals surface area (Å²) in [5.74, 6) is -0.371. The molecule has 0 atom stereocenters. The first kappa shape index (κ1) is 15.9. The molecule has 3 rings (SSSR count). The van der Waals surface area contributed by atoms with Gasteiger partial charge in [0, 0.05) is 5.69 Å². The van der Waals surface area contributed by atoms with Crippen molar-refractivity contribution in [2.24, 2.45) is 0 Å². The normalized spacial score (nSPS) is 10.4. The number of carbonyl (C=O) groups is 2. The monoisotopic (exact) mass is 341 g/mol. The second-order valence-corrected chi connectivity index (χ2v) is 5.90. The average Bonchev–Trinajstić information content (AvgIpc) is 2.97. The number of urea groups is 1. The Morgan fingerprint density at radius 3 is 2.67 bits per heavy atom. The first-order valence-corrected chi connectivity index (χ1v) is 8.18. The molecule has 3 aromatic rings. The molecule has 0 aliphatic carbocycles. The van der Waals surface area contributed by atoms with E-state index < -0.39 is 0 Å². The third kappa shape index (κ3) is 3.69. The number of ether oxygens (including phenoxy) is 1. The van der Waals surface area contributed by atoms with Gasteiger partial charge in [0.1, 0.15) is 0 Å². The standard InChI is InChI=1S/C17H15N3O3S/c1-2-23-15(21)11-8-9-13-14(10-11)24-17(19-13)20-16(22)18-12-6-4-3-5-7-12/h3-10H,2H2,1H3,(H2,18,19,20,22). The highest BCUT2D eigenvalue weighted by atomic mass is 32.1. The first-order valence-electron chi connectivity index (χ1n) is 7.36. The fraction of sp³-hybridized carbons (Fsp3) is 0.118. The van der Waals surface area contributed by atoms with Crippen molar-refractivity contribution in [2.45, 2.75) is 6.92 Å². The number of fused-ring (bicyclic) bond motifs is 1. The molecule has 0 spiro atoms. The fourth-order valence-corrected chi connectivity index (χ4v) is 3.00. The zero-order valence-corrected chi connectivity index (χ0v) is 13.7. The molecule has 0 saturated heterocycles. The van der Waals surface area contributed by atoms with Crippen molar-refractivity contribution in [2.75, 3.05) is 17.2 Å². The molecule has 2 amide bonds. The summed E-state index contributed by atoms with van der Waals surface area (Å²) >= 11 is 1.29. The van der Waals surface area contributed by atoms with Gasteiger partial charge in [-0.15, -0.1) is 0 Å². The van der Waals surface area contributed by atoms with Crippen molar-refractivity contribution in [1.29, 1.82) is 0 Å². The summed E-state index contributed by atoms with van der Waals surface area (Å²) in [4.78, 5) is 28.1. The Bertz CT molecular complexity index is 877. The number of amides is 2. The molecule has 0 saturated carbocycles. The van der Waals surface area contributed by atoms with E-state index in [1.54, 1.807) is 37.3 Å². The third-order valence-corrected chi connectivity index (χ3v) is 4.09. The quantitative estimate of drug-likeness (QED) is 0.700. The van der Waals surface area contributed by atoms with Crippen LogP contribution >= 0.6 is 11.3 Å². The minimum atomic E-state index is -0.371. The molecular weight excluding hydrogens is 326 g/mol. The zero-order chi connectivity index (χ0) is 16.9. The van der Waals surface area contributed by atoms with Crippen LogP contribution in [-0.4, -0.2) is 23.6 Å². The average molecular weight is 341 g/mol. The molecule has 2 aromatic carbocycles. The summed E-state index contributed by atoms with van der Waals surface area (Å²) in [5, 5.41) is 5.88. The van der Waals surface area contributed by atoms with Gasteiger partial charge in [-0.3, -0.25) is 5.32 Å². The number of esters is 1. The number of thiazole rings is 1. The van der Waals surface area contributed by atoms with Gasteiger partial charge in [-0.05, 0) is 37.3 Å². The summed E-state index contributed by atoms with van der Waals surface area (Å²) in [5.41, 5.74) is 1.87. The number of para-hydroxylation sites is 1. The van der Waals surface area contributed by atoms with Gasteiger partial charge in [-0.25, -0.2) is 14.6 Å². The highest BCUT2D eigenvalue weighted by Crippen LogP contribution is 2.27. The van der Waals surface area contributed by atoms with Crippen LogP contribution in [0.1, 0.15) is 17.3 Å². The van der Waals surface area contributed by atoms with Crippen LogP contribution in [0.25, 0.3) is 10.2 Å². The van der Waals surface area contributed by atoms with Crippen LogP contribution < -0.4 is 10.6 Å². The maximum absolute atomic E-state index is 12.0. The third-order valence-electron chi connectivity index (χ3n) is 3.15. The second kappa shape index (κ2) is 7.10. The first-order chi connectivity index (χ1) is 11.7. The summed E-state index contributed by atoms with van der Waals surface area (Å²) in [6.45, 7) is 2.09. The number of rotatable bonds is 4. The van der Waals surface area contributed by atoms with Crippen molar-refractivity contribution in [1.82, 2.24) is 4.98 Å². The molecule has 0 aliphatic heterocycles. The van der Waals surface area contributed by atoms with E-state index in [1.807, 2.05) is 18.2 Å². The van der Waals surface area contributed by atoms with Crippen molar-refractivity contribution in [3.8, 4) is 0 Å². The molecule has 122 valence electrons. The van der Waals surface area contributed by atoms with Gasteiger partial charge in [-0.1, -0.05) is 29.5 Å². The van der Waals surface area contributed by atoms with Gasteiger partial charge < -0.3 is 10.1 Å². The van der Waals surface area contributed by atoms with Crippen LogP contribution in [0.2, 0.25) is 0 Å². The minimum absolute atomic E-state index is 0.325. The molecule has 1 aromatic heterocycles. The van der Waals surface area contributed by atoms with Crippen molar-refractivity contribution in [3.05, 3.63) is 54.1 Å². The van der Waals surface area contributed by atoms with Crippen molar-refractivity contribution < 1.29 is 14.3 Å². The zero-order valence-electron chi connectivity index (χ0n) is 12.9. The number of aromatic nitrogens is 1. The Labute approximate surface area is 142 Å². The van der Waals surface area contributed by atoms with E-state index in [9.17, 15) is 9.59 Å². The van der Waals surface area contributed by atoms with E-state index in [4.69, 9.17) is 4.74 Å². The van der Waals surface area contributed by atoms with E-state index in [0.717, 1.165) is 4.70 Å². The predicted molar refractivity (Wildman–Crippen MR) is 94.7 cm³/mol. The molecular formula is C17H15N3O3S. The predicted octanol–water partition coefficient (Wildman–Crippen LogP) is 4.12. The summed E-state index contributed by atoms with van der Waals surface area (Å²) in [6, 6.07) is 13.9. The van der Waals surface area contributed by atoms with Crippen LogP contribution in [0.5, 0.6) is 0 Å². The van der Waals surface area contributed by atoms with Gasteiger partial charge in [-0.2, -0.15) is 0 Å². The van der Waals surface area contributed by atoms with Crippen LogP contribution in [0.15, 0.2) is 48.5 Å². The number of nitrogens with zero attached hydrogens (tertiary/aromatic N) is 1. The number of carbonyl (C=O) groups excluding carboxylic acids is 2. The lowest BCUT2D eigenvalue weighted by atomic mass is 10.2. The van der Waals surface area contributed by atoms with Crippen LogP contribution in [0, 0.1) is 0 Å². The lowest BCUT2D eigenvalue weighted by Gasteiger charge is -2.04. The molecule has 6 nitrogen and oxygen atoms in total. The topological polar surface area (TPSA) is 80.3 Å². The lowest BCUT2D eigenvalue weighted by Crippen LogP contribution is -2.19. The Morgan fingerprint density at radius 2 is 1.92 bits per heavy atom. The Morgan fingerprint density at radius 1 is 1.12 bits per heavy atom. The van der Waals surface area contributed by atoms with Gasteiger partial charge in [0.25, 0.3) is 0 Å². The largest absolute Gasteiger partial charge is 0.462 e. The number of anilines is 2. The highest BCUT2D eigenvalue weighted by molar-refractivity contribution is 7.22. The molecule has 0 fully saturated rings. The smallest absolute Gasteiger partial charge is 0.338 e. The van der Waals surface area contributed by atoms with Crippen LogP contribution in [-0.2, 0) is 4.74 Å². The van der Waals surface area contributed by atoms with Gasteiger partial charge >= 0.3 is 12.0 Å². The fourth-order valence-electron chi connectivity index (χ4n) is 2.10. The Kier molecular flexibility index (Phi) is 4.72. The van der Waals surface area contributed by atoms with Gasteiger partial charge in [0.05, 0.1) is 22.4 Å². The molecule has 0 radical (unpaired) electrons. The van der Waals surface area contributed by atoms with E-state index >= 15 is 0 Å². The van der Waals surface area contributed by atoms with E-state index in [2.05, 4.69) is 15.6 Å². The van der Waals surface area contributed by atoms with E-state index in [-0.39, 0.29) is 12.0 Å². The maximum atomic E-state index is 12.0. The van der Waals surface area contributed by atoms with Crippen molar-refractivity contribution in [3.63, 3.8) is 0 Å². The molecule has 7 heteroatoms. The number of hydrogen-bond acceptors (Lipinski definition) is 5. The number of hydrogen-bond donors (Lipinski definition) is 2. The highest BCUT2D eigenvalue weighted by Gasteiger charge is 2.11. The minimum Gasteiger partial charge on any atom is -0.462 e. The van der Waals surface area contributed by atoms with E-state index in [0.29, 0.717) is 28.5 Å². The lowest BCUT2D eigenvalue weighted by molar-refractivity contribution is 0.0526. The van der Waals surface area contributed by atoms with Gasteiger partial charge in [0.2, 0.25) is 0 Å². The van der Waals surface area contributed by atoms with Gasteiger partial charge in [0.15, 0.2) is 5.13 Å². The van der Waals surface area contributed by atoms with Crippen LogP contribution in [0.4, 0.5) is 15.6 Å². The SMILES string of the molecule is CCOC(=O)c1ccc2nc(NC(=O)Nc3ccccc3)sc2c1. The number of nitrogens with one attached hydrogen (secondary N) is 2. The second-order valence-electron chi connectivity index (χ2n) is 4.87. The Balaban J connectivity index is 1.73.